The number of anilines is 1. The third-order valence-corrected chi connectivity index (χ3v) is 6.42. The molecule has 0 radical (unpaired) electrons. The van der Waals surface area contributed by atoms with Crippen LogP contribution in [0, 0.1) is 12.8 Å². The van der Waals surface area contributed by atoms with Crippen molar-refractivity contribution in [2.75, 3.05) is 11.9 Å². The summed E-state index contributed by atoms with van der Waals surface area (Å²) in [6, 6.07) is 23.5. The van der Waals surface area contributed by atoms with E-state index < -0.39 is 0 Å². The van der Waals surface area contributed by atoms with Crippen LogP contribution >= 0.6 is 0 Å². The minimum Gasteiger partial charge on any atom is -0.457 e. The maximum Gasteiger partial charge on any atom is 0.229 e. The number of rotatable bonds is 7. The molecule has 0 aliphatic carbocycles. The van der Waals surface area contributed by atoms with Gasteiger partial charge < -0.3 is 15.0 Å². The smallest absolute Gasteiger partial charge is 0.229 e. The molecule has 0 aromatic heterocycles. The van der Waals surface area contributed by atoms with Crippen LogP contribution in [0.25, 0.3) is 0 Å². The van der Waals surface area contributed by atoms with E-state index in [0.717, 1.165) is 22.4 Å². The average Bonchev–Trinajstić information content (AvgIpc) is 3.22. The predicted molar refractivity (Wildman–Crippen MR) is 135 cm³/mol. The third kappa shape index (κ3) is 5.30. The molecule has 1 aliphatic rings. The molecule has 1 fully saturated rings. The van der Waals surface area contributed by atoms with Gasteiger partial charge in [0.15, 0.2) is 0 Å². The third-order valence-electron chi connectivity index (χ3n) is 6.42. The fraction of sp³-hybridized carbons (Fsp3) is 0.310. The van der Waals surface area contributed by atoms with Gasteiger partial charge in [-0.15, -0.1) is 0 Å². The molecule has 34 heavy (non-hydrogen) atoms. The number of nitrogens with one attached hydrogen (secondary N) is 1. The van der Waals surface area contributed by atoms with E-state index in [4.69, 9.17) is 4.74 Å². The van der Waals surface area contributed by atoms with Crippen LogP contribution in [0.3, 0.4) is 0 Å². The van der Waals surface area contributed by atoms with E-state index in [0.29, 0.717) is 23.9 Å². The van der Waals surface area contributed by atoms with E-state index in [2.05, 4.69) is 31.3 Å². The van der Waals surface area contributed by atoms with Crippen molar-refractivity contribution in [3.63, 3.8) is 0 Å². The molecule has 5 nitrogen and oxygen atoms in total. The van der Waals surface area contributed by atoms with Gasteiger partial charge in [0.25, 0.3) is 0 Å². The summed E-state index contributed by atoms with van der Waals surface area (Å²) >= 11 is 0. The van der Waals surface area contributed by atoms with E-state index in [-0.39, 0.29) is 30.2 Å². The van der Waals surface area contributed by atoms with Gasteiger partial charge in [0, 0.05) is 18.7 Å². The molecular weight excluding hydrogens is 424 g/mol. The molecule has 1 heterocycles. The first-order valence-corrected chi connectivity index (χ1v) is 11.9. The predicted octanol–water partition coefficient (Wildman–Crippen LogP) is 6.46. The summed E-state index contributed by atoms with van der Waals surface area (Å²) in [5.74, 6) is 1.43. The number of hydrogen-bond donors (Lipinski definition) is 1. The molecular formula is C29H32N2O3. The highest BCUT2D eigenvalue weighted by atomic mass is 16.5. The molecule has 0 spiro atoms. The standard InChI is InChI=1S/C29H32N2O3/c1-19(2)26-15-10-20(3)16-27(26)34-25-13-11-24(12-14-25)30-29(33)23-17-28(32)31(18-23)21(4)22-8-6-5-7-9-22/h5-16,19,21,23H,17-18H2,1-4H3,(H,30,33)/t21-,23+/m1/s1. The van der Waals surface area contributed by atoms with Crippen LogP contribution in [0.5, 0.6) is 11.5 Å². The fourth-order valence-electron chi connectivity index (χ4n) is 4.38. The largest absolute Gasteiger partial charge is 0.457 e. The first-order chi connectivity index (χ1) is 16.3. The Morgan fingerprint density at radius 1 is 1.00 bits per heavy atom. The molecule has 1 N–H and O–H groups in total. The topological polar surface area (TPSA) is 58.6 Å². The lowest BCUT2D eigenvalue weighted by atomic mass is 10.0. The second-order valence-electron chi connectivity index (χ2n) is 9.35. The molecule has 2 amide bonds. The Bertz CT molecular complexity index is 1160. The highest BCUT2D eigenvalue weighted by Crippen LogP contribution is 2.32. The first kappa shape index (κ1) is 23.6. The van der Waals surface area contributed by atoms with Crippen LogP contribution in [0.15, 0.2) is 72.8 Å². The Labute approximate surface area is 201 Å². The Morgan fingerprint density at radius 3 is 2.38 bits per heavy atom. The van der Waals surface area contributed by atoms with Gasteiger partial charge in [-0.1, -0.05) is 56.3 Å². The van der Waals surface area contributed by atoms with Crippen molar-refractivity contribution < 1.29 is 14.3 Å². The van der Waals surface area contributed by atoms with Crippen LogP contribution in [0.2, 0.25) is 0 Å². The summed E-state index contributed by atoms with van der Waals surface area (Å²) in [6.45, 7) is 8.76. The maximum absolute atomic E-state index is 12.9. The van der Waals surface area contributed by atoms with Crippen molar-refractivity contribution in [2.45, 2.75) is 46.1 Å². The van der Waals surface area contributed by atoms with Crippen LogP contribution in [0.4, 0.5) is 5.69 Å². The van der Waals surface area contributed by atoms with Crippen molar-refractivity contribution >= 4 is 17.5 Å². The molecule has 5 heteroatoms. The van der Waals surface area contributed by atoms with Gasteiger partial charge >= 0.3 is 0 Å². The minimum atomic E-state index is -0.365. The lowest BCUT2D eigenvalue weighted by Gasteiger charge is -2.25. The van der Waals surface area contributed by atoms with Crippen LogP contribution in [-0.2, 0) is 9.59 Å². The SMILES string of the molecule is Cc1ccc(C(C)C)c(Oc2ccc(NC(=O)[C@H]3CC(=O)N([C@H](C)c4ccccc4)C3)cc2)c1. The van der Waals surface area contributed by atoms with Crippen molar-refractivity contribution in [3.05, 3.63) is 89.5 Å². The molecule has 4 rings (SSSR count). The van der Waals surface area contributed by atoms with E-state index >= 15 is 0 Å². The zero-order chi connectivity index (χ0) is 24.2. The van der Waals surface area contributed by atoms with Gasteiger partial charge in [-0.05, 0) is 66.8 Å². The molecule has 3 aromatic carbocycles. The Hall–Kier alpha value is -3.60. The second-order valence-corrected chi connectivity index (χ2v) is 9.35. The molecule has 0 bridgehead atoms. The van der Waals surface area contributed by atoms with Gasteiger partial charge in [0.1, 0.15) is 11.5 Å². The Balaban J connectivity index is 1.38. The van der Waals surface area contributed by atoms with Crippen molar-refractivity contribution in [2.24, 2.45) is 5.92 Å². The highest BCUT2D eigenvalue weighted by Gasteiger charge is 2.37. The van der Waals surface area contributed by atoms with Crippen LogP contribution < -0.4 is 10.1 Å². The van der Waals surface area contributed by atoms with Crippen molar-refractivity contribution in [3.8, 4) is 11.5 Å². The van der Waals surface area contributed by atoms with Crippen LogP contribution in [0.1, 0.15) is 55.8 Å². The molecule has 0 saturated carbocycles. The second kappa shape index (κ2) is 10.1. The Kier molecular flexibility index (Phi) is 7.01. The Morgan fingerprint density at radius 2 is 1.71 bits per heavy atom. The monoisotopic (exact) mass is 456 g/mol. The molecule has 3 aromatic rings. The lowest BCUT2D eigenvalue weighted by molar-refractivity contribution is -0.129. The highest BCUT2D eigenvalue weighted by molar-refractivity contribution is 5.97. The van der Waals surface area contributed by atoms with Crippen molar-refractivity contribution in [1.82, 2.24) is 4.90 Å². The number of hydrogen-bond acceptors (Lipinski definition) is 3. The zero-order valence-corrected chi connectivity index (χ0v) is 20.2. The van der Waals surface area contributed by atoms with Gasteiger partial charge in [-0.25, -0.2) is 0 Å². The van der Waals surface area contributed by atoms with Gasteiger partial charge in [0.05, 0.1) is 12.0 Å². The number of ether oxygens (including phenoxy) is 1. The summed E-state index contributed by atoms with van der Waals surface area (Å²) in [5, 5.41) is 2.96. The number of likely N-dealkylation sites (tertiary alicyclic amines) is 1. The van der Waals surface area contributed by atoms with Crippen molar-refractivity contribution in [1.29, 1.82) is 0 Å². The summed E-state index contributed by atoms with van der Waals surface area (Å²) in [5.41, 5.74) is 4.06. The van der Waals surface area contributed by atoms with Gasteiger partial charge in [-0.2, -0.15) is 0 Å². The van der Waals surface area contributed by atoms with E-state index in [1.54, 1.807) is 4.90 Å². The maximum atomic E-state index is 12.9. The van der Waals surface area contributed by atoms with Gasteiger partial charge in [-0.3, -0.25) is 9.59 Å². The van der Waals surface area contributed by atoms with E-state index in [1.165, 1.54) is 0 Å². The lowest BCUT2D eigenvalue weighted by Crippen LogP contribution is -2.30. The number of carbonyl (C=O) groups is 2. The summed E-state index contributed by atoms with van der Waals surface area (Å²) in [6.07, 6.45) is 0.232. The normalized spacial score (nSPS) is 16.6. The molecule has 1 saturated heterocycles. The first-order valence-electron chi connectivity index (χ1n) is 11.9. The average molecular weight is 457 g/mol. The number of amides is 2. The molecule has 1 aliphatic heterocycles. The molecule has 0 unspecified atom stereocenters. The van der Waals surface area contributed by atoms with Gasteiger partial charge in [0.2, 0.25) is 11.8 Å². The summed E-state index contributed by atoms with van der Waals surface area (Å²) in [4.78, 5) is 27.3. The summed E-state index contributed by atoms with van der Waals surface area (Å²) < 4.78 is 6.14. The summed E-state index contributed by atoms with van der Waals surface area (Å²) in [7, 11) is 0. The molecule has 176 valence electrons. The minimum absolute atomic E-state index is 0.0133. The van der Waals surface area contributed by atoms with E-state index in [9.17, 15) is 9.59 Å². The number of aryl methyl sites for hydroxylation is 1. The van der Waals surface area contributed by atoms with E-state index in [1.807, 2.05) is 74.5 Å². The van der Waals surface area contributed by atoms with Crippen LogP contribution in [-0.4, -0.2) is 23.3 Å². The number of benzene rings is 3. The fourth-order valence-corrected chi connectivity index (χ4v) is 4.38. The zero-order valence-electron chi connectivity index (χ0n) is 20.2. The quantitative estimate of drug-likeness (QED) is 0.444. The number of carbonyl (C=O) groups excluding carboxylic acids is 2. The molecule has 2 atom stereocenters. The number of nitrogens with zero attached hydrogens (tertiary/aromatic N) is 1.